The SMILES string of the molecule is COC1(c2ccc(N3CCNCC3Cc3ccc(F)cc3)cc2)N=CC(C#N)=CC1C(N)=O. The smallest absolute Gasteiger partial charge is 0.229 e. The highest BCUT2D eigenvalue weighted by molar-refractivity contribution is 5.90. The normalized spacial score (nSPS) is 24.8. The number of carbonyl (C=O) groups excluding carboxylic acids is 1. The molecular formula is C25H26FN5O2. The quantitative estimate of drug-likeness (QED) is 0.707. The molecule has 2 aliphatic rings. The van der Waals surface area contributed by atoms with Crippen LogP contribution in [0.1, 0.15) is 11.1 Å². The third-order valence-corrected chi connectivity index (χ3v) is 6.26. The molecule has 1 fully saturated rings. The second-order valence-electron chi connectivity index (χ2n) is 8.20. The number of hydrogen-bond acceptors (Lipinski definition) is 6. The average Bonchev–Trinajstić information content (AvgIpc) is 2.85. The molecule has 2 aliphatic heterocycles. The number of anilines is 1. The topological polar surface area (TPSA) is 104 Å². The van der Waals surface area contributed by atoms with Gasteiger partial charge in [0.25, 0.3) is 0 Å². The van der Waals surface area contributed by atoms with Crippen molar-refractivity contribution in [3.63, 3.8) is 0 Å². The minimum Gasteiger partial charge on any atom is -0.369 e. The van der Waals surface area contributed by atoms with Crippen LogP contribution >= 0.6 is 0 Å². The van der Waals surface area contributed by atoms with E-state index in [0.717, 1.165) is 37.3 Å². The zero-order valence-electron chi connectivity index (χ0n) is 18.4. The molecule has 8 heteroatoms. The van der Waals surface area contributed by atoms with Crippen molar-refractivity contribution in [2.75, 3.05) is 31.6 Å². The lowest BCUT2D eigenvalue weighted by Gasteiger charge is -2.39. The summed E-state index contributed by atoms with van der Waals surface area (Å²) in [7, 11) is 1.47. The number of methoxy groups -OCH3 is 1. The van der Waals surface area contributed by atoms with Gasteiger partial charge in [-0.2, -0.15) is 5.26 Å². The van der Waals surface area contributed by atoms with E-state index in [1.54, 1.807) is 0 Å². The van der Waals surface area contributed by atoms with Crippen LogP contribution < -0.4 is 16.0 Å². The number of hydrogen-bond donors (Lipinski definition) is 2. The number of piperazine rings is 1. The minimum absolute atomic E-state index is 0.207. The monoisotopic (exact) mass is 447 g/mol. The van der Waals surface area contributed by atoms with Gasteiger partial charge in [-0.25, -0.2) is 4.39 Å². The second-order valence-corrected chi connectivity index (χ2v) is 8.20. The van der Waals surface area contributed by atoms with Crippen molar-refractivity contribution < 1.29 is 13.9 Å². The molecule has 3 atom stereocenters. The van der Waals surface area contributed by atoms with Crippen LogP contribution in [0.5, 0.6) is 0 Å². The Morgan fingerprint density at radius 1 is 1.30 bits per heavy atom. The van der Waals surface area contributed by atoms with Crippen molar-refractivity contribution in [3.05, 3.63) is 77.1 Å². The molecule has 0 saturated carbocycles. The number of nitrogens with zero attached hydrogens (tertiary/aromatic N) is 3. The first-order chi connectivity index (χ1) is 16.0. The predicted molar refractivity (Wildman–Crippen MR) is 124 cm³/mol. The van der Waals surface area contributed by atoms with Gasteiger partial charge in [0, 0.05) is 50.3 Å². The Kier molecular flexibility index (Phi) is 6.54. The Morgan fingerprint density at radius 3 is 2.67 bits per heavy atom. The molecule has 0 bridgehead atoms. The van der Waals surface area contributed by atoms with E-state index in [-0.39, 0.29) is 17.4 Å². The molecule has 3 N–H and O–H groups in total. The summed E-state index contributed by atoms with van der Waals surface area (Å²) in [5.74, 6) is -1.76. The number of carbonyl (C=O) groups is 1. The summed E-state index contributed by atoms with van der Waals surface area (Å²) in [5.41, 5.74) is 7.37. The standard InChI is InChI=1S/C25H26FN5O2/c1-33-25(23(24(28)32)13-18(14-27)15-30-25)19-4-8-21(9-5-19)31-11-10-29-16-22(31)12-17-2-6-20(26)7-3-17/h2-9,13,15,22-23,29H,10-12,16H2,1H3,(H2,28,32). The molecule has 2 aromatic rings. The van der Waals surface area contributed by atoms with Crippen molar-refractivity contribution in [2.24, 2.45) is 16.6 Å². The Balaban J connectivity index is 1.60. The maximum atomic E-state index is 13.3. The van der Waals surface area contributed by atoms with E-state index < -0.39 is 17.6 Å². The number of nitriles is 1. The molecule has 1 amide bonds. The number of primary amides is 1. The molecular weight excluding hydrogens is 421 g/mol. The summed E-state index contributed by atoms with van der Waals surface area (Å²) in [6, 6.07) is 16.6. The fourth-order valence-corrected chi connectivity index (χ4v) is 4.54. The predicted octanol–water partition coefficient (Wildman–Crippen LogP) is 2.28. The van der Waals surface area contributed by atoms with Crippen molar-refractivity contribution >= 4 is 17.8 Å². The average molecular weight is 448 g/mol. The number of aliphatic imine (C=N–C) groups is 1. The van der Waals surface area contributed by atoms with Crippen molar-refractivity contribution in [3.8, 4) is 6.07 Å². The number of benzene rings is 2. The van der Waals surface area contributed by atoms with E-state index in [0.29, 0.717) is 5.56 Å². The number of ether oxygens (including phenoxy) is 1. The Bertz CT molecular complexity index is 1110. The van der Waals surface area contributed by atoms with Crippen LogP contribution in [0, 0.1) is 23.1 Å². The summed E-state index contributed by atoms with van der Waals surface area (Å²) in [5, 5.41) is 12.6. The van der Waals surface area contributed by atoms with E-state index in [4.69, 9.17) is 10.5 Å². The van der Waals surface area contributed by atoms with Crippen molar-refractivity contribution in [2.45, 2.75) is 18.2 Å². The van der Waals surface area contributed by atoms with Crippen LogP contribution in [-0.2, 0) is 21.7 Å². The zero-order chi connectivity index (χ0) is 23.4. The largest absolute Gasteiger partial charge is 0.369 e. The van der Waals surface area contributed by atoms with Crippen LogP contribution in [0.15, 0.2) is 65.2 Å². The van der Waals surface area contributed by atoms with Gasteiger partial charge in [-0.3, -0.25) is 9.79 Å². The van der Waals surface area contributed by atoms with Gasteiger partial charge in [-0.1, -0.05) is 24.3 Å². The number of rotatable bonds is 6. The maximum Gasteiger partial charge on any atom is 0.229 e. The van der Waals surface area contributed by atoms with Gasteiger partial charge < -0.3 is 20.7 Å². The van der Waals surface area contributed by atoms with Crippen molar-refractivity contribution in [1.29, 1.82) is 5.26 Å². The molecule has 0 aliphatic carbocycles. The lowest BCUT2D eigenvalue weighted by molar-refractivity contribution is -0.131. The number of allylic oxidation sites excluding steroid dienone is 1. The molecule has 7 nitrogen and oxygen atoms in total. The van der Waals surface area contributed by atoms with Crippen LogP contribution in [0.4, 0.5) is 10.1 Å². The van der Waals surface area contributed by atoms with Gasteiger partial charge in [-0.05, 0) is 42.3 Å². The van der Waals surface area contributed by atoms with Gasteiger partial charge in [0.2, 0.25) is 5.91 Å². The molecule has 0 radical (unpaired) electrons. The van der Waals surface area contributed by atoms with Gasteiger partial charge in [0.05, 0.1) is 5.57 Å². The fourth-order valence-electron chi connectivity index (χ4n) is 4.54. The summed E-state index contributed by atoms with van der Waals surface area (Å²) in [4.78, 5) is 18.9. The highest BCUT2D eigenvalue weighted by atomic mass is 19.1. The molecule has 2 heterocycles. The number of dihydropyridines is 1. The lowest BCUT2D eigenvalue weighted by atomic mass is 9.85. The lowest BCUT2D eigenvalue weighted by Crippen LogP contribution is -2.52. The molecule has 1 saturated heterocycles. The molecule has 170 valence electrons. The third-order valence-electron chi connectivity index (χ3n) is 6.26. The molecule has 0 spiro atoms. The van der Waals surface area contributed by atoms with Gasteiger partial charge in [0.15, 0.2) is 5.72 Å². The van der Waals surface area contributed by atoms with Crippen LogP contribution in [0.3, 0.4) is 0 Å². The van der Waals surface area contributed by atoms with Gasteiger partial charge >= 0.3 is 0 Å². The highest BCUT2D eigenvalue weighted by Gasteiger charge is 2.44. The molecule has 4 rings (SSSR count). The summed E-state index contributed by atoms with van der Waals surface area (Å²) in [6.45, 7) is 2.51. The van der Waals surface area contributed by atoms with E-state index in [9.17, 15) is 14.4 Å². The van der Waals surface area contributed by atoms with Gasteiger partial charge in [0.1, 0.15) is 17.8 Å². The van der Waals surface area contributed by atoms with E-state index in [2.05, 4.69) is 15.2 Å². The van der Waals surface area contributed by atoms with E-state index >= 15 is 0 Å². The second kappa shape index (κ2) is 9.53. The Morgan fingerprint density at radius 2 is 2.03 bits per heavy atom. The number of nitrogens with one attached hydrogen (secondary N) is 1. The van der Waals surface area contributed by atoms with Crippen LogP contribution in [0.2, 0.25) is 0 Å². The Labute approximate surface area is 192 Å². The van der Waals surface area contributed by atoms with Gasteiger partial charge in [-0.15, -0.1) is 0 Å². The Hall–Kier alpha value is -3.54. The van der Waals surface area contributed by atoms with E-state index in [1.165, 1.54) is 31.5 Å². The van der Waals surface area contributed by atoms with Crippen LogP contribution in [-0.4, -0.2) is 44.9 Å². The molecule has 3 unspecified atom stereocenters. The van der Waals surface area contributed by atoms with Crippen molar-refractivity contribution in [1.82, 2.24) is 5.32 Å². The molecule has 33 heavy (non-hydrogen) atoms. The number of nitrogens with two attached hydrogens (primary N) is 1. The van der Waals surface area contributed by atoms with E-state index in [1.807, 2.05) is 42.5 Å². The first kappa shape index (κ1) is 22.6. The van der Waals surface area contributed by atoms with Crippen LogP contribution in [0.25, 0.3) is 0 Å². The summed E-state index contributed by atoms with van der Waals surface area (Å²) >= 11 is 0. The molecule has 2 aromatic carbocycles. The first-order valence-electron chi connectivity index (χ1n) is 10.8. The maximum absolute atomic E-state index is 13.3. The minimum atomic E-state index is -1.32. The number of halogens is 1. The first-order valence-corrected chi connectivity index (χ1v) is 10.8. The third kappa shape index (κ3) is 4.51. The number of amides is 1. The molecule has 0 aromatic heterocycles. The fraction of sp³-hybridized carbons (Fsp3) is 0.320. The summed E-state index contributed by atoms with van der Waals surface area (Å²) in [6.07, 6.45) is 3.69. The zero-order valence-corrected chi connectivity index (χ0v) is 18.4. The summed E-state index contributed by atoms with van der Waals surface area (Å²) < 4.78 is 19.0. The highest BCUT2D eigenvalue weighted by Crippen LogP contribution is 2.39.